The molecule has 0 aliphatic carbocycles. The summed E-state index contributed by atoms with van der Waals surface area (Å²) in [4.78, 5) is 0. The normalized spacial score (nSPS) is 11.2. The zero-order valence-corrected chi connectivity index (χ0v) is 13.6. The quantitative estimate of drug-likeness (QED) is 0.756. The van der Waals surface area contributed by atoms with Crippen LogP contribution in [0.15, 0.2) is 28.7 Å². The highest BCUT2D eigenvalue weighted by atomic mass is 79.9. The summed E-state index contributed by atoms with van der Waals surface area (Å²) in [5, 5.41) is 9.26. The number of nitrogens with zero attached hydrogens (tertiary/aromatic N) is 3. The van der Waals surface area contributed by atoms with Gasteiger partial charge in [0.2, 0.25) is 0 Å². The summed E-state index contributed by atoms with van der Waals surface area (Å²) < 4.78 is 3.28. The molecule has 5 heteroatoms. The summed E-state index contributed by atoms with van der Waals surface area (Å²) >= 11 is 6.95. The molecule has 0 saturated heterocycles. The summed E-state index contributed by atoms with van der Waals surface area (Å²) in [5.41, 5.74) is 1.24. The summed E-state index contributed by atoms with van der Waals surface area (Å²) in [5.74, 6) is 1.99. The van der Waals surface area contributed by atoms with E-state index in [-0.39, 0.29) is 0 Å². The lowest BCUT2D eigenvalue weighted by molar-refractivity contribution is 0.558. The predicted molar refractivity (Wildman–Crippen MR) is 80.0 cm³/mol. The van der Waals surface area contributed by atoms with Gasteiger partial charge in [-0.3, -0.25) is 0 Å². The van der Waals surface area contributed by atoms with Crippen molar-refractivity contribution in [2.45, 2.75) is 31.6 Å². The van der Waals surface area contributed by atoms with E-state index in [1.165, 1.54) is 5.56 Å². The SMILES string of the molecule is CC(C)n1c(CBr)nnc1Cc1cccc(Br)c1. The van der Waals surface area contributed by atoms with E-state index in [0.29, 0.717) is 6.04 Å². The fourth-order valence-electron chi connectivity index (χ4n) is 2.00. The van der Waals surface area contributed by atoms with Crippen LogP contribution in [0.5, 0.6) is 0 Å². The van der Waals surface area contributed by atoms with Crippen LogP contribution in [0, 0.1) is 0 Å². The van der Waals surface area contributed by atoms with Gasteiger partial charge in [-0.15, -0.1) is 10.2 Å². The average Bonchev–Trinajstić information content (AvgIpc) is 2.72. The van der Waals surface area contributed by atoms with E-state index in [2.05, 4.69) is 72.6 Å². The highest BCUT2D eigenvalue weighted by molar-refractivity contribution is 9.10. The van der Waals surface area contributed by atoms with Crippen molar-refractivity contribution in [2.24, 2.45) is 0 Å². The molecular formula is C13H15Br2N3. The molecule has 0 bridgehead atoms. The molecule has 0 fully saturated rings. The van der Waals surface area contributed by atoms with Gasteiger partial charge in [0.25, 0.3) is 0 Å². The Bertz CT molecular complexity index is 535. The first-order valence-corrected chi connectivity index (χ1v) is 7.76. The van der Waals surface area contributed by atoms with Crippen molar-refractivity contribution in [1.29, 1.82) is 0 Å². The number of hydrogen-bond acceptors (Lipinski definition) is 2. The molecule has 0 aliphatic rings. The Balaban J connectivity index is 2.32. The third-order valence-electron chi connectivity index (χ3n) is 2.72. The summed E-state index contributed by atoms with van der Waals surface area (Å²) in [7, 11) is 0. The first-order chi connectivity index (χ1) is 8.61. The van der Waals surface area contributed by atoms with E-state index in [1.54, 1.807) is 0 Å². The van der Waals surface area contributed by atoms with Crippen molar-refractivity contribution in [1.82, 2.24) is 14.8 Å². The van der Waals surface area contributed by atoms with Crippen LogP contribution in [0.25, 0.3) is 0 Å². The average molecular weight is 373 g/mol. The molecule has 0 atom stereocenters. The molecule has 2 rings (SSSR count). The van der Waals surface area contributed by atoms with Crippen LogP contribution < -0.4 is 0 Å². The van der Waals surface area contributed by atoms with Gasteiger partial charge in [0.15, 0.2) is 0 Å². The van der Waals surface area contributed by atoms with Gasteiger partial charge in [-0.25, -0.2) is 0 Å². The van der Waals surface area contributed by atoms with E-state index >= 15 is 0 Å². The van der Waals surface area contributed by atoms with Crippen molar-refractivity contribution in [2.75, 3.05) is 0 Å². The zero-order valence-electron chi connectivity index (χ0n) is 10.4. The van der Waals surface area contributed by atoms with Crippen molar-refractivity contribution in [3.63, 3.8) is 0 Å². The van der Waals surface area contributed by atoms with Crippen LogP contribution in [0.1, 0.15) is 37.1 Å². The van der Waals surface area contributed by atoms with E-state index in [4.69, 9.17) is 0 Å². The maximum atomic E-state index is 4.30. The molecule has 0 amide bonds. The molecule has 0 saturated carbocycles. The molecule has 1 aromatic heterocycles. The number of aromatic nitrogens is 3. The molecule has 1 heterocycles. The Morgan fingerprint density at radius 1 is 1.22 bits per heavy atom. The van der Waals surface area contributed by atoms with Crippen molar-refractivity contribution >= 4 is 31.9 Å². The zero-order chi connectivity index (χ0) is 13.1. The van der Waals surface area contributed by atoms with Gasteiger partial charge in [-0.1, -0.05) is 44.0 Å². The molecule has 96 valence electrons. The molecule has 0 N–H and O–H groups in total. The molecule has 0 aliphatic heterocycles. The maximum absolute atomic E-state index is 4.30. The Kier molecular flexibility index (Phi) is 4.56. The van der Waals surface area contributed by atoms with Gasteiger partial charge < -0.3 is 4.57 Å². The second-order valence-electron chi connectivity index (χ2n) is 4.44. The largest absolute Gasteiger partial charge is 0.311 e. The predicted octanol–water partition coefficient (Wildman–Crippen LogP) is 4.11. The fourth-order valence-corrected chi connectivity index (χ4v) is 2.83. The third-order valence-corrected chi connectivity index (χ3v) is 3.72. The summed E-state index contributed by atoms with van der Waals surface area (Å²) in [6.45, 7) is 4.31. The van der Waals surface area contributed by atoms with Gasteiger partial charge in [-0.05, 0) is 31.5 Å². The lowest BCUT2D eigenvalue weighted by Crippen LogP contribution is -2.09. The van der Waals surface area contributed by atoms with Crippen LogP contribution in [0.3, 0.4) is 0 Å². The number of benzene rings is 1. The fraction of sp³-hybridized carbons (Fsp3) is 0.385. The minimum atomic E-state index is 0.370. The highest BCUT2D eigenvalue weighted by Crippen LogP contribution is 2.18. The Morgan fingerprint density at radius 2 is 1.94 bits per heavy atom. The smallest absolute Gasteiger partial charge is 0.143 e. The van der Waals surface area contributed by atoms with Gasteiger partial charge in [0.1, 0.15) is 11.6 Å². The third kappa shape index (κ3) is 3.01. The first-order valence-electron chi connectivity index (χ1n) is 5.85. The number of alkyl halides is 1. The standard InChI is InChI=1S/C13H15Br2N3/c1-9(2)18-12(16-17-13(18)8-14)7-10-4-3-5-11(15)6-10/h3-6,9H,7-8H2,1-2H3. The molecule has 0 radical (unpaired) electrons. The Morgan fingerprint density at radius 3 is 2.56 bits per heavy atom. The van der Waals surface area contributed by atoms with E-state index < -0.39 is 0 Å². The van der Waals surface area contributed by atoms with E-state index in [9.17, 15) is 0 Å². The summed E-state index contributed by atoms with van der Waals surface area (Å²) in [6, 6.07) is 8.67. The molecular weight excluding hydrogens is 358 g/mol. The van der Waals surface area contributed by atoms with Crippen LogP contribution in [0.2, 0.25) is 0 Å². The molecule has 1 aromatic carbocycles. The van der Waals surface area contributed by atoms with Gasteiger partial charge in [0.05, 0.1) is 5.33 Å². The highest BCUT2D eigenvalue weighted by Gasteiger charge is 2.14. The van der Waals surface area contributed by atoms with Gasteiger partial charge in [-0.2, -0.15) is 0 Å². The first kappa shape index (κ1) is 13.7. The lowest BCUT2D eigenvalue weighted by Gasteiger charge is -2.13. The van der Waals surface area contributed by atoms with Gasteiger partial charge >= 0.3 is 0 Å². The van der Waals surface area contributed by atoms with Crippen LogP contribution in [0.4, 0.5) is 0 Å². The van der Waals surface area contributed by atoms with Crippen molar-refractivity contribution in [3.8, 4) is 0 Å². The molecule has 3 nitrogen and oxygen atoms in total. The number of halogens is 2. The van der Waals surface area contributed by atoms with Gasteiger partial charge in [0, 0.05) is 16.9 Å². The monoisotopic (exact) mass is 371 g/mol. The molecule has 2 aromatic rings. The minimum absolute atomic E-state index is 0.370. The Labute approximate surface area is 124 Å². The summed E-state index contributed by atoms with van der Waals surface area (Å²) in [6.07, 6.45) is 0.803. The molecule has 18 heavy (non-hydrogen) atoms. The van der Waals surface area contributed by atoms with E-state index in [1.807, 2.05) is 12.1 Å². The lowest BCUT2D eigenvalue weighted by atomic mass is 10.1. The minimum Gasteiger partial charge on any atom is -0.311 e. The van der Waals surface area contributed by atoms with Crippen molar-refractivity contribution < 1.29 is 0 Å². The van der Waals surface area contributed by atoms with Crippen LogP contribution >= 0.6 is 31.9 Å². The molecule has 0 unspecified atom stereocenters. The second-order valence-corrected chi connectivity index (χ2v) is 5.91. The Hall–Kier alpha value is -0.680. The van der Waals surface area contributed by atoms with Crippen LogP contribution in [-0.2, 0) is 11.8 Å². The maximum Gasteiger partial charge on any atom is 0.143 e. The second kappa shape index (κ2) is 5.97. The topological polar surface area (TPSA) is 30.7 Å². The molecule has 0 spiro atoms. The number of rotatable bonds is 4. The van der Waals surface area contributed by atoms with Crippen LogP contribution in [-0.4, -0.2) is 14.8 Å². The van der Waals surface area contributed by atoms with Crippen molar-refractivity contribution in [3.05, 3.63) is 46.0 Å². The van der Waals surface area contributed by atoms with E-state index in [0.717, 1.165) is 27.9 Å². The number of hydrogen-bond donors (Lipinski definition) is 0.